The maximum atomic E-state index is 13.4. The highest BCUT2D eigenvalue weighted by molar-refractivity contribution is 5.93. The molecule has 6 rings (SSSR count). The highest BCUT2D eigenvalue weighted by Gasteiger charge is 2.45. The second-order valence-electron chi connectivity index (χ2n) is 9.13. The van der Waals surface area contributed by atoms with Crippen molar-refractivity contribution in [2.24, 2.45) is 11.8 Å². The SMILES string of the molecule is O=C(c1cccc2ncnn12)N1C[C@@H]2C[C@H](C1)[C@@H]1CCC[C@H](c3ccccc3)N1C2. The summed E-state index contributed by atoms with van der Waals surface area (Å²) in [5, 5.41) is 4.27. The maximum Gasteiger partial charge on any atom is 0.272 e. The third-order valence-electron chi connectivity index (χ3n) is 7.38. The lowest BCUT2D eigenvalue weighted by molar-refractivity contribution is -0.0512. The van der Waals surface area contributed by atoms with Gasteiger partial charge in [0.25, 0.3) is 5.91 Å². The van der Waals surface area contributed by atoms with Crippen LogP contribution in [0.25, 0.3) is 5.65 Å². The number of amides is 1. The van der Waals surface area contributed by atoms with Crippen LogP contribution in [0.4, 0.5) is 0 Å². The number of piperidine rings is 3. The molecular weight excluding hydrogens is 374 g/mol. The van der Waals surface area contributed by atoms with Crippen LogP contribution in [0.3, 0.4) is 0 Å². The minimum absolute atomic E-state index is 0.0877. The lowest BCUT2D eigenvalue weighted by Gasteiger charge is -2.55. The normalized spacial score (nSPS) is 29.0. The Kier molecular flexibility index (Phi) is 4.34. The molecule has 3 aliphatic heterocycles. The van der Waals surface area contributed by atoms with Gasteiger partial charge < -0.3 is 4.90 Å². The highest BCUT2D eigenvalue weighted by Crippen LogP contribution is 2.44. The molecule has 2 aromatic heterocycles. The number of hydrogen-bond acceptors (Lipinski definition) is 4. The lowest BCUT2D eigenvalue weighted by atomic mass is 9.74. The number of fused-ring (bicyclic) bond motifs is 5. The molecule has 5 heterocycles. The molecule has 4 atom stereocenters. The fraction of sp³-hybridized carbons (Fsp3) is 0.458. The van der Waals surface area contributed by atoms with Gasteiger partial charge >= 0.3 is 0 Å². The number of nitrogens with zero attached hydrogens (tertiary/aromatic N) is 5. The summed E-state index contributed by atoms with van der Waals surface area (Å²) in [6, 6.07) is 17.8. The van der Waals surface area contributed by atoms with Gasteiger partial charge in [-0.3, -0.25) is 9.69 Å². The second kappa shape index (κ2) is 7.20. The molecule has 0 N–H and O–H groups in total. The van der Waals surface area contributed by atoms with Crippen molar-refractivity contribution in [3.63, 3.8) is 0 Å². The first-order valence-electron chi connectivity index (χ1n) is 11.2. The zero-order valence-corrected chi connectivity index (χ0v) is 17.1. The smallest absolute Gasteiger partial charge is 0.272 e. The first-order chi connectivity index (χ1) is 14.8. The first-order valence-corrected chi connectivity index (χ1v) is 11.2. The van der Waals surface area contributed by atoms with E-state index in [1.165, 1.54) is 37.6 Å². The zero-order chi connectivity index (χ0) is 20.1. The van der Waals surface area contributed by atoms with Crippen LogP contribution in [0, 0.1) is 11.8 Å². The van der Waals surface area contributed by atoms with E-state index in [-0.39, 0.29) is 5.91 Å². The minimum Gasteiger partial charge on any atom is -0.337 e. The molecule has 0 radical (unpaired) electrons. The molecule has 3 saturated heterocycles. The third kappa shape index (κ3) is 2.93. The van der Waals surface area contributed by atoms with Crippen molar-refractivity contribution in [2.75, 3.05) is 19.6 Å². The molecule has 3 fully saturated rings. The van der Waals surface area contributed by atoms with E-state index in [1.807, 2.05) is 18.2 Å². The molecule has 6 nitrogen and oxygen atoms in total. The van der Waals surface area contributed by atoms with Crippen molar-refractivity contribution in [3.8, 4) is 0 Å². The van der Waals surface area contributed by atoms with Gasteiger partial charge in [-0.15, -0.1) is 0 Å². The number of carbonyl (C=O) groups excluding carboxylic acids is 1. The number of rotatable bonds is 2. The number of likely N-dealkylation sites (tertiary alicyclic amines) is 1. The van der Waals surface area contributed by atoms with Crippen LogP contribution in [-0.4, -0.2) is 56.0 Å². The van der Waals surface area contributed by atoms with Gasteiger partial charge in [-0.1, -0.05) is 36.4 Å². The van der Waals surface area contributed by atoms with E-state index in [0.29, 0.717) is 29.6 Å². The van der Waals surface area contributed by atoms with E-state index >= 15 is 0 Å². The summed E-state index contributed by atoms with van der Waals surface area (Å²) in [7, 11) is 0. The highest BCUT2D eigenvalue weighted by atomic mass is 16.2. The Morgan fingerprint density at radius 3 is 2.77 bits per heavy atom. The van der Waals surface area contributed by atoms with Crippen molar-refractivity contribution in [1.29, 1.82) is 0 Å². The topological polar surface area (TPSA) is 53.7 Å². The minimum atomic E-state index is 0.0877. The predicted molar refractivity (Wildman–Crippen MR) is 114 cm³/mol. The third-order valence-corrected chi connectivity index (χ3v) is 7.38. The Balaban J connectivity index is 1.26. The van der Waals surface area contributed by atoms with Gasteiger partial charge in [0.1, 0.15) is 12.0 Å². The van der Waals surface area contributed by atoms with Gasteiger partial charge in [0, 0.05) is 31.7 Å². The summed E-state index contributed by atoms with van der Waals surface area (Å²) in [5.41, 5.74) is 2.79. The molecular formula is C24H27N5O. The lowest BCUT2D eigenvalue weighted by Crippen LogP contribution is -2.60. The number of hydrogen-bond donors (Lipinski definition) is 0. The molecule has 2 bridgehead atoms. The average Bonchev–Trinajstić information content (AvgIpc) is 3.28. The Bertz CT molecular complexity index is 1060. The zero-order valence-electron chi connectivity index (χ0n) is 17.1. The van der Waals surface area contributed by atoms with Gasteiger partial charge in [0.2, 0.25) is 0 Å². The molecule has 0 unspecified atom stereocenters. The van der Waals surface area contributed by atoms with Crippen molar-refractivity contribution < 1.29 is 4.79 Å². The monoisotopic (exact) mass is 401 g/mol. The summed E-state index contributed by atoms with van der Waals surface area (Å²) in [6.45, 7) is 2.78. The average molecular weight is 402 g/mol. The summed E-state index contributed by atoms with van der Waals surface area (Å²) >= 11 is 0. The predicted octanol–water partition coefficient (Wildman–Crippen LogP) is 3.42. The number of pyridine rings is 1. The van der Waals surface area contributed by atoms with E-state index in [9.17, 15) is 4.79 Å². The summed E-state index contributed by atoms with van der Waals surface area (Å²) in [5.74, 6) is 1.19. The van der Waals surface area contributed by atoms with Crippen LogP contribution in [0.1, 0.15) is 47.8 Å². The molecule has 154 valence electrons. The van der Waals surface area contributed by atoms with E-state index in [4.69, 9.17) is 0 Å². The molecule has 0 saturated carbocycles. The van der Waals surface area contributed by atoms with Gasteiger partial charge in [-0.05, 0) is 55.2 Å². The van der Waals surface area contributed by atoms with Crippen LogP contribution in [0.15, 0.2) is 54.9 Å². The molecule has 3 aromatic rings. The van der Waals surface area contributed by atoms with Crippen LogP contribution < -0.4 is 0 Å². The molecule has 6 heteroatoms. The van der Waals surface area contributed by atoms with Crippen molar-refractivity contribution in [3.05, 3.63) is 66.1 Å². The maximum absolute atomic E-state index is 13.4. The van der Waals surface area contributed by atoms with Crippen molar-refractivity contribution in [2.45, 2.75) is 37.8 Å². The molecule has 30 heavy (non-hydrogen) atoms. The van der Waals surface area contributed by atoms with E-state index in [1.54, 1.807) is 4.52 Å². The Morgan fingerprint density at radius 1 is 0.967 bits per heavy atom. The molecule has 1 amide bonds. The summed E-state index contributed by atoms with van der Waals surface area (Å²) in [4.78, 5) is 22.5. The molecule has 0 spiro atoms. The Hall–Kier alpha value is -2.73. The van der Waals surface area contributed by atoms with Gasteiger partial charge in [0.05, 0.1) is 0 Å². The van der Waals surface area contributed by atoms with Crippen LogP contribution in [0.2, 0.25) is 0 Å². The van der Waals surface area contributed by atoms with Crippen LogP contribution in [0.5, 0.6) is 0 Å². The Labute approximate surface area is 176 Å². The van der Waals surface area contributed by atoms with E-state index in [2.05, 4.69) is 50.2 Å². The fourth-order valence-corrected chi connectivity index (χ4v) is 6.18. The fourth-order valence-electron chi connectivity index (χ4n) is 6.18. The number of benzene rings is 1. The second-order valence-corrected chi connectivity index (χ2v) is 9.13. The molecule has 3 aliphatic rings. The van der Waals surface area contributed by atoms with Crippen LogP contribution in [-0.2, 0) is 0 Å². The standard InChI is InChI=1S/C24H27N5O/c30-24(22-10-5-11-23-25-16-26-29(22)23)27-13-17-12-19(15-27)21-9-4-8-20(28(21)14-17)18-6-2-1-3-7-18/h1-3,5-7,10-11,16-17,19-21H,4,8-9,12-15H2/t17-,19+,20+,21-/m0/s1. The quantitative estimate of drug-likeness (QED) is 0.660. The van der Waals surface area contributed by atoms with E-state index < -0.39 is 0 Å². The van der Waals surface area contributed by atoms with Gasteiger partial charge in [0.15, 0.2) is 5.65 Å². The number of carbonyl (C=O) groups is 1. The van der Waals surface area contributed by atoms with E-state index in [0.717, 1.165) is 25.3 Å². The van der Waals surface area contributed by atoms with Gasteiger partial charge in [-0.25, -0.2) is 9.50 Å². The van der Waals surface area contributed by atoms with Gasteiger partial charge in [-0.2, -0.15) is 5.10 Å². The van der Waals surface area contributed by atoms with Crippen molar-refractivity contribution in [1.82, 2.24) is 24.4 Å². The first kappa shape index (κ1) is 18.1. The molecule has 1 aromatic carbocycles. The number of aromatic nitrogens is 3. The van der Waals surface area contributed by atoms with Crippen LogP contribution >= 0.6 is 0 Å². The van der Waals surface area contributed by atoms with Crippen molar-refractivity contribution >= 4 is 11.6 Å². The largest absolute Gasteiger partial charge is 0.337 e. The molecule has 0 aliphatic carbocycles. The summed E-state index contributed by atoms with van der Waals surface area (Å²) < 4.78 is 1.67. The summed E-state index contributed by atoms with van der Waals surface area (Å²) in [6.07, 6.45) is 6.53. The Morgan fingerprint density at radius 2 is 1.87 bits per heavy atom.